The van der Waals surface area contributed by atoms with Crippen molar-refractivity contribution in [1.82, 2.24) is 0 Å². The first-order chi connectivity index (χ1) is 10.3. The summed E-state index contributed by atoms with van der Waals surface area (Å²) < 4.78 is 10.7. The van der Waals surface area contributed by atoms with Gasteiger partial charge < -0.3 is 9.47 Å². The third kappa shape index (κ3) is 2.58. The number of fused-ring (bicyclic) bond motifs is 1. The molecule has 21 heavy (non-hydrogen) atoms. The summed E-state index contributed by atoms with van der Waals surface area (Å²) >= 11 is 0. The Morgan fingerprint density at radius 1 is 0.810 bits per heavy atom. The zero-order valence-corrected chi connectivity index (χ0v) is 11.6. The topological polar surface area (TPSA) is 35.5 Å². The standard InChI is InChI=1S/C18H14O3/c1-20-17-12-11-16(14-9-5-6-10-15(14)17)18(19)21-13-7-3-2-4-8-13/h2-12H,1H3. The Bertz CT molecular complexity index is 779. The molecule has 0 aliphatic heterocycles. The number of carbonyl (C=O) groups excluding carboxylic acids is 1. The van der Waals surface area contributed by atoms with Crippen molar-refractivity contribution in [2.75, 3.05) is 7.11 Å². The molecule has 3 nitrogen and oxygen atoms in total. The van der Waals surface area contributed by atoms with Crippen molar-refractivity contribution >= 4 is 16.7 Å². The van der Waals surface area contributed by atoms with Crippen molar-refractivity contribution < 1.29 is 14.3 Å². The van der Waals surface area contributed by atoms with Crippen LogP contribution in [0.3, 0.4) is 0 Å². The average molecular weight is 278 g/mol. The zero-order valence-electron chi connectivity index (χ0n) is 11.6. The van der Waals surface area contributed by atoms with E-state index in [0.717, 1.165) is 16.5 Å². The van der Waals surface area contributed by atoms with E-state index in [-0.39, 0.29) is 5.97 Å². The minimum atomic E-state index is -0.375. The lowest BCUT2D eigenvalue weighted by Gasteiger charge is -2.10. The minimum absolute atomic E-state index is 0.375. The van der Waals surface area contributed by atoms with Gasteiger partial charge in [0.25, 0.3) is 0 Å². The predicted octanol–water partition coefficient (Wildman–Crippen LogP) is 4.07. The van der Waals surface area contributed by atoms with Crippen molar-refractivity contribution in [1.29, 1.82) is 0 Å². The number of rotatable bonds is 3. The number of esters is 1. The van der Waals surface area contributed by atoms with Gasteiger partial charge in [-0.1, -0.05) is 42.5 Å². The van der Waals surface area contributed by atoms with E-state index >= 15 is 0 Å². The molecule has 0 saturated carbocycles. The molecule has 3 aromatic carbocycles. The Morgan fingerprint density at radius 2 is 1.48 bits per heavy atom. The van der Waals surface area contributed by atoms with Gasteiger partial charge in [0.2, 0.25) is 0 Å². The summed E-state index contributed by atoms with van der Waals surface area (Å²) in [5.74, 6) is 0.893. The molecule has 0 radical (unpaired) electrons. The lowest BCUT2D eigenvalue weighted by Crippen LogP contribution is -2.09. The highest BCUT2D eigenvalue weighted by Crippen LogP contribution is 2.29. The Morgan fingerprint density at radius 3 is 2.19 bits per heavy atom. The fourth-order valence-electron chi connectivity index (χ4n) is 2.28. The van der Waals surface area contributed by atoms with Crippen LogP contribution < -0.4 is 9.47 Å². The normalized spacial score (nSPS) is 10.3. The van der Waals surface area contributed by atoms with Crippen LogP contribution in [0.25, 0.3) is 10.8 Å². The Balaban J connectivity index is 2.03. The summed E-state index contributed by atoms with van der Waals surface area (Å²) in [6.07, 6.45) is 0. The largest absolute Gasteiger partial charge is 0.496 e. The summed E-state index contributed by atoms with van der Waals surface area (Å²) in [7, 11) is 1.61. The lowest BCUT2D eigenvalue weighted by atomic mass is 10.0. The van der Waals surface area contributed by atoms with Crippen molar-refractivity contribution in [3.63, 3.8) is 0 Å². The molecular formula is C18H14O3. The third-order valence-corrected chi connectivity index (χ3v) is 3.28. The second kappa shape index (κ2) is 5.67. The number of hydrogen-bond acceptors (Lipinski definition) is 3. The van der Waals surface area contributed by atoms with Crippen LogP contribution in [0.1, 0.15) is 10.4 Å². The minimum Gasteiger partial charge on any atom is -0.496 e. The molecule has 3 heteroatoms. The number of methoxy groups -OCH3 is 1. The number of ether oxygens (including phenoxy) is 2. The molecule has 0 amide bonds. The molecule has 3 aromatic rings. The van der Waals surface area contributed by atoms with E-state index in [9.17, 15) is 4.79 Å². The molecule has 0 heterocycles. The fourth-order valence-corrected chi connectivity index (χ4v) is 2.28. The third-order valence-electron chi connectivity index (χ3n) is 3.28. The molecule has 0 N–H and O–H groups in total. The number of para-hydroxylation sites is 1. The van der Waals surface area contributed by atoms with E-state index in [1.807, 2.05) is 42.5 Å². The monoisotopic (exact) mass is 278 g/mol. The van der Waals surface area contributed by atoms with Crippen LogP contribution in [0.5, 0.6) is 11.5 Å². The molecule has 0 unspecified atom stereocenters. The number of hydrogen-bond donors (Lipinski definition) is 0. The maximum atomic E-state index is 12.4. The smallest absolute Gasteiger partial charge is 0.344 e. The van der Waals surface area contributed by atoms with E-state index in [1.54, 1.807) is 31.4 Å². The van der Waals surface area contributed by atoms with E-state index in [2.05, 4.69) is 0 Å². The molecule has 0 fully saturated rings. The van der Waals surface area contributed by atoms with Gasteiger partial charge in [0.15, 0.2) is 0 Å². The highest BCUT2D eigenvalue weighted by Gasteiger charge is 2.14. The number of carbonyl (C=O) groups is 1. The molecular weight excluding hydrogens is 264 g/mol. The van der Waals surface area contributed by atoms with Crippen LogP contribution in [0.2, 0.25) is 0 Å². The Labute approximate surface area is 122 Å². The quantitative estimate of drug-likeness (QED) is 0.535. The van der Waals surface area contributed by atoms with Gasteiger partial charge in [-0.15, -0.1) is 0 Å². The predicted molar refractivity (Wildman–Crippen MR) is 81.9 cm³/mol. The van der Waals surface area contributed by atoms with Gasteiger partial charge in [0.1, 0.15) is 11.5 Å². The molecule has 0 atom stereocenters. The first-order valence-corrected chi connectivity index (χ1v) is 6.62. The van der Waals surface area contributed by atoms with Gasteiger partial charge in [-0.3, -0.25) is 0 Å². The molecule has 0 aliphatic carbocycles. The summed E-state index contributed by atoms with van der Waals surface area (Å²) in [4.78, 5) is 12.4. The van der Waals surface area contributed by atoms with Gasteiger partial charge in [0.05, 0.1) is 12.7 Å². The summed E-state index contributed by atoms with van der Waals surface area (Å²) in [5.41, 5.74) is 0.523. The van der Waals surface area contributed by atoms with Crippen LogP contribution in [0.4, 0.5) is 0 Å². The van der Waals surface area contributed by atoms with Crippen LogP contribution in [0, 0.1) is 0 Å². The van der Waals surface area contributed by atoms with Gasteiger partial charge in [-0.25, -0.2) is 4.79 Å². The fraction of sp³-hybridized carbons (Fsp3) is 0.0556. The molecule has 104 valence electrons. The first-order valence-electron chi connectivity index (χ1n) is 6.62. The van der Waals surface area contributed by atoms with Crippen LogP contribution in [-0.2, 0) is 0 Å². The average Bonchev–Trinajstić information content (AvgIpc) is 2.54. The molecule has 0 spiro atoms. The van der Waals surface area contributed by atoms with Gasteiger partial charge in [-0.05, 0) is 29.7 Å². The van der Waals surface area contributed by atoms with Gasteiger partial charge in [0, 0.05) is 5.39 Å². The first kappa shape index (κ1) is 13.2. The maximum Gasteiger partial charge on any atom is 0.344 e. The lowest BCUT2D eigenvalue weighted by molar-refractivity contribution is 0.0737. The molecule has 0 aliphatic rings. The van der Waals surface area contributed by atoms with E-state index in [0.29, 0.717) is 11.3 Å². The van der Waals surface area contributed by atoms with Gasteiger partial charge >= 0.3 is 5.97 Å². The van der Waals surface area contributed by atoms with E-state index in [1.165, 1.54) is 0 Å². The SMILES string of the molecule is COc1ccc(C(=O)Oc2ccccc2)c2ccccc12. The molecule has 0 aromatic heterocycles. The van der Waals surface area contributed by atoms with Crippen LogP contribution in [0.15, 0.2) is 66.7 Å². The second-order valence-corrected chi connectivity index (χ2v) is 4.56. The second-order valence-electron chi connectivity index (χ2n) is 4.56. The molecule has 0 bridgehead atoms. The van der Waals surface area contributed by atoms with Crippen LogP contribution >= 0.6 is 0 Å². The summed E-state index contributed by atoms with van der Waals surface area (Å²) in [5, 5.41) is 1.71. The van der Waals surface area contributed by atoms with Gasteiger partial charge in [-0.2, -0.15) is 0 Å². The van der Waals surface area contributed by atoms with E-state index in [4.69, 9.17) is 9.47 Å². The highest BCUT2D eigenvalue weighted by atomic mass is 16.5. The summed E-state index contributed by atoms with van der Waals surface area (Å²) in [6, 6.07) is 20.2. The highest BCUT2D eigenvalue weighted by molar-refractivity contribution is 6.07. The van der Waals surface area contributed by atoms with Crippen molar-refractivity contribution in [3.05, 3.63) is 72.3 Å². The van der Waals surface area contributed by atoms with Crippen LogP contribution in [-0.4, -0.2) is 13.1 Å². The summed E-state index contributed by atoms with van der Waals surface area (Å²) in [6.45, 7) is 0. The van der Waals surface area contributed by atoms with Crippen molar-refractivity contribution in [3.8, 4) is 11.5 Å². The number of benzene rings is 3. The van der Waals surface area contributed by atoms with Crippen molar-refractivity contribution in [2.45, 2.75) is 0 Å². The molecule has 0 saturated heterocycles. The Hall–Kier alpha value is -2.81. The van der Waals surface area contributed by atoms with E-state index < -0.39 is 0 Å². The Kier molecular flexibility index (Phi) is 3.56. The van der Waals surface area contributed by atoms with Crippen molar-refractivity contribution in [2.24, 2.45) is 0 Å². The maximum absolute atomic E-state index is 12.4. The zero-order chi connectivity index (χ0) is 14.7. The molecule has 3 rings (SSSR count).